The van der Waals surface area contributed by atoms with Crippen LogP contribution in [0.1, 0.15) is 39.5 Å². The molecule has 0 saturated heterocycles. The standard InChI is InChI=1S/C14H26O6/c1-3-5-13(15)19-11-9-17-7-8-18-10-12-20-14(16)6-4-2/h3-12H2,1-2H3. The van der Waals surface area contributed by atoms with E-state index in [1.54, 1.807) is 0 Å². The molecule has 0 atom stereocenters. The summed E-state index contributed by atoms with van der Waals surface area (Å²) in [4.78, 5) is 22.0. The zero-order chi connectivity index (χ0) is 15.1. The van der Waals surface area contributed by atoms with Gasteiger partial charge in [-0.2, -0.15) is 0 Å². The SMILES string of the molecule is CCCC(=O)OCCOCCOCCOC(=O)CCC. The molecule has 0 saturated carbocycles. The maximum Gasteiger partial charge on any atom is 0.305 e. The molecule has 0 aromatic carbocycles. The Morgan fingerprint density at radius 1 is 0.650 bits per heavy atom. The molecule has 0 aliphatic carbocycles. The van der Waals surface area contributed by atoms with Crippen LogP contribution in [0, 0.1) is 0 Å². The molecule has 118 valence electrons. The van der Waals surface area contributed by atoms with Crippen molar-refractivity contribution in [2.45, 2.75) is 39.5 Å². The van der Waals surface area contributed by atoms with Gasteiger partial charge in [-0.05, 0) is 12.8 Å². The first-order valence-electron chi connectivity index (χ1n) is 7.17. The molecule has 0 N–H and O–H groups in total. The number of rotatable bonds is 13. The first kappa shape index (κ1) is 18.9. The van der Waals surface area contributed by atoms with Crippen LogP contribution < -0.4 is 0 Å². The average Bonchev–Trinajstić information content (AvgIpc) is 2.41. The van der Waals surface area contributed by atoms with Gasteiger partial charge in [0.05, 0.1) is 26.4 Å². The highest BCUT2D eigenvalue weighted by atomic mass is 16.6. The summed E-state index contributed by atoms with van der Waals surface area (Å²) in [5.41, 5.74) is 0. The topological polar surface area (TPSA) is 71.1 Å². The van der Waals surface area contributed by atoms with Crippen LogP contribution in [0.15, 0.2) is 0 Å². The van der Waals surface area contributed by atoms with Gasteiger partial charge in [0.25, 0.3) is 0 Å². The quantitative estimate of drug-likeness (QED) is 0.380. The minimum atomic E-state index is -0.193. The number of ether oxygens (including phenoxy) is 4. The molecule has 0 fully saturated rings. The maximum atomic E-state index is 11.0. The largest absolute Gasteiger partial charge is 0.463 e. The first-order chi connectivity index (χ1) is 9.70. The van der Waals surface area contributed by atoms with Gasteiger partial charge in [-0.3, -0.25) is 9.59 Å². The lowest BCUT2D eigenvalue weighted by molar-refractivity contribution is -0.147. The normalized spacial score (nSPS) is 10.3. The van der Waals surface area contributed by atoms with Crippen LogP contribution in [0.25, 0.3) is 0 Å². The first-order valence-corrected chi connectivity index (χ1v) is 7.17. The second-order valence-corrected chi connectivity index (χ2v) is 4.17. The zero-order valence-electron chi connectivity index (χ0n) is 12.5. The molecule has 0 aliphatic heterocycles. The van der Waals surface area contributed by atoms with Crippen molar-refractivity contribution in [3.05, 3.63) is 0 Å². The van der Waals surface area contributed by atoms with Crippen molar-refractivity contribution >= 4 is 11.9 Å². The van der Waals surface area contributed by atoms with Crippen LogP contribution in [-0.4, -0.2) is 51.6 Å². The van der Waals surface area contributed by atoms with E-state index in [-0.39, 0.29) is 25.2 Å². The predicted molar refractivity (Wildman–Crippen MR) is 73.4 cm³/mol. The second kappa shape index (κ2) is 14.3. The van der Waals surface area contributed by atoms with Crippen molar-refractivity contribution in [3.63, 3.8) is 0 Å². The Hall–Kier alpha value is -1.14. The molecule has 0 aliphatic rings. The smallest absolute Gasteiger partial charge is 0.305 e. The lowest BCUT2D eigenvalue weighted by Gasteiger charge is -2.07. The minimum Gasteiger partial charge on any atom is -0.463 e. The molecule has 0 amide bonds. The number of hydrogen-bond donors (Lipinski definition) is 0. The van der Waals surface area contributed by atoms with Gasteiger partial charge in [-0.15, -0.1) is 0 Å². The van der Waals surface area contributed by atoms with Crippen molar-refractivity contribution in [1.29, 1.82) is 0 Å². The fourth-order valence-electron chi connectivity index (χ4n) is 1.30. The van der Waals surface area contributed by atoms with E-state index < -0.39 is 0 Å². The summed E-state index contributed by atoms with van der Waals surface area (Å²) < 4.78 is 20.3. The molecule has 0 unspecified atom stereocenters. The third-order valence-corrected chi connectivity index (χ3v) is 2.26. The molecule has 0 aromatic rings. The van der Waals surface area contributed by atoms with E-state index in [1.807, 2.05) is 13.8 Å². The summed E-state index contributed by atoms with van der Waals surface area (Å²) >= 11 is 0. The Bertz CT molecular complexity index is 228. The number of carbonyl (C=O) groups is 2. The fourth-order valence-corrected chi connectivity index (χ4v) is 1.30. The third kappa shape index (κ3) is 13.3. The van der Waals surface area contributed by atoms with E-state index in [4.69, 9.17) is 18.9 Å². The van der Waals surface area contributed by atoms with E-state index in [1.165, 1.54) is 0 Å². The van der Waals surface area contributed by atoms with Crippen LogP contribution in [0.2, 0.25) is 0 Å². The van der Waals surface area contributed by atoms with Crippen molar-refractivity contribution in [3.8, 4) is 0 Å². The van der Waals surface area contributed by atoms with Gasteiger partial charge in [0.1, 0.15) is 13.2 Å². The van der Waals surface area contributed by atoms with Crippen LogP contribution in [0.3, 0.4) is 0 Å². The predicted octanol–water partition coefficient (Wildman–Crippen LogP) is 1.71. The van der Waals surface area contributed by atoms with Gasteiger partial charge in [0.15, 0.2) is 0 Å². The Morgan fingerprint density at radius 2 is 1.00 bits per heavy atom. The molecular formula is C14H26O6. The van der Waals surface area contributed by atoms with Crippen LogP contribution >= 0.6 is 0 Å². The molecule has 0 rings (SSSR count). The number of carbonyl (C=O) groups excluding carboxylic acids is 2. The van der Waals surface area contributed by atoms with Gasteiger partial charge >= 0.3 is 11.9 Å². The number of hydrogen-bond acceptors (Lipinski definition) is 6. The molecule has 0 bridgehead atoms. The van der Waals surface area contributed by atoms with Crippen molar-refractivity contribution in [2.24, 2.45) is 0 Å². The van der Waals surface area contributed by atoms with Crippen molar-refractivity contribution < 1.29 is 28.5 Å². The van der Waals surface area contributed by atoms with Crippen molar-refractivity contribution in [2.75, 3.05) is 39.6 Å². The maximum absolute atomic E-state index is 11.0. The average molecular weight is 290 g/mol. The third-order valence-electron chi connectivity index (χ3n) is 2.26. The second-order valence-electron chi connectivity index (χ2n) is 4.17. The number of esters is 2. The van der Waals surface area contributed by atoms with E-state index in [0.29, 0.717) is 39.3 Å². The van der Waals surface area contributed by atoms with Crippen LogP contribution in [0.5, 0.6) is 0 Å². The summed E-state index contributed by atoms with van der Waals surface area (Å²) in [6.07, 6.45) is 2.46. The zero-order valence-corrected chi connectivity index (χ0v) is 12.5. The Labute approximate surface area is 120 Å². The monoisotopic (exact) mass is 290 g/mol. The van der Waals surface area contributed by atoms with Gasteiger partial charge in [0, 0.05) is 12.8 Å². The van der Waals surface area contributed by atoms with Crippen LogP contribution in [0.4, 0.5) is 0 Å². The summed E-state index contributed by atoms with van der Waals surface area (Å²) in [7, 11) is 0. The van der Waals surface area contributed by atoms with E-state index >= 15 is 0 Å². The highest BCUT2D eigenvalue weighted by molar-refractivity contribution is 5.69. The van der Waals surface area contributed by atoms with Gasteiger partial charge in [0.2, 0.25) is 0 Å². The van der Waals surface area contributed by atoms with E-state index in [2.05, 4.69) is 0 Å². The Morgan fingerprint density at radius 3 is 1.35 bits per heavy atom. The van der Waals surface area contributed by atoms with E-state index in [0.717, 1.165) is 12.8 Å². The Balaban J connectivity index is 3.13. The molecule has 0 spiro atoms. The van der Waals surface area contributed by atoms with Gasteiger partial charge < -0.3 is 18.9 Å². The van der Waals surface area contributed by atoms with Gasteiger partial charge in [-0.1, -0.05) is 13.8 Å². The molecule has 0 radical (unpaired) electrons. The van der Waals surface area contributed by atoms with E-state index in [9.17, 15) is 9.59 Å². The van der Waals surface area contributed by atoms with Crippen LogP contribution in [-0.2, 0) is 28.5 Å². The molecule has 6 heteroatoms. The molecular weight excluding hydrogens is 264 g/mol. The molecule has 0 heterocycles. The van der Waals surface area contributed by atoms with Crippen molar-refractivity contribution in [1.82, 2.24) is 0 Å². The lowest BCUT2D eigenvalue weighted by atomic mass is 10.3. The molecule has 20 heavy (non-hydrogen) atoms. The summed E-state index contributed by atoms with van der Waals surface area (Å²) in [5.74, 6) is -0.387. The highest BCUT2D eigenvalue weighted by Crippen LogP contribution is 1.92. The summed E-state index contributed by atoms with van der Waals surface area (Å²) in [5, 5.41) is 0. The Kier molecular flexibility index (Phi) is 13.5. The summed E-state index contributed by atoms with van der Waals surface area (Å²) in [6, 6.07) is 0. The highest BCUT2D eigenvalue weighted by Gasteiger charge is 2.01. The lowest BCUT2D eigenvalue weighted by Crippen LogP contribution is -2.14. The molecule has 6 nitrogen and oxygen atoms in total. The molecule has 0 aromatic heterocycles. The minimum absolute atomic E-state index is 0.193. The summed E-state index contributed by atoms with van der Waals surface area (Å²) in [6.45, 7) is 5.97. The van der Waals surface area contributed by atoms with Gasteiger partial charge in [-0.25, -0.2) is 0 Å². The fraction of sp³-hybridized carbons (Fsp3) is 0.857.